The van der Waals surface area contributed by atoms with Crippen molar-refractivity contribution in [2.75, 3.05) is 11.2 Å². The number of thioether (sulfide) groups is 1. The van der Waals surface area contributed by atoms with E-state index in [4.69, 9.17) is 22.6 Å². The van der Waals surface area contributed by atoms with Crippen LogP contribution >= 0.6 is 23.4 Å². The van der Waals surface area contributed by atoms with Crippen molar-refractivity contribution < 1.29 is 13.2 Å². The molecule has 3 rings (SSSR count). The number of nitrogens with two attached hydrogens (primary N) is 2. The molecule has 12 heteroatoms. The molecule has 0 saturated heterocycles. The van der Waals surface area contributed by atoms with Crippen LogP contribution in [0.3, 0.4) is 0 Å². The molecule has 0 aliphatic heterocycles. The van der Waals surface area contributed by atoms with Crippen molar-refractivity contribution in [1.82, 2.24) is 14.9 Å². The lowest BCUT2D eigenvalue weighted by atomic mass is 10.2. The minimum Gasteiger partial charge on any atom is -0.335 e. The SMILES string of the molecule is CC(Sc1nnc(-c2ccccc2Cl)n1N)C(=O)Nc1cccc(S(N)(=O)=O)c1. The van der Waals surface area contributed by atoms with E-state index in [1.54, 1.807) is 37.3 Å². The fraction of sp³-hybridized carbons (Fsp3) is 0.118. The first-order valence-electron chi connectivity index (χ1n) is 8.22. The number of sulfonamides is 1. The molecule has 0 fully saturated rings. The van der Waals surface area contributed by atoms with Gasteiger partial charge in [-0.05, 0) is 37.3 Å². The second-order valence-electron chi connectivity index (χ2n) is 5.98. The maximum Gasteiger partial charge on any atom is 0.238 e. The Morgan fingerprint density at radius 1 is 1.21 bits per heavy atom. The van der Waals surface area contributed by atoms with E-state index in [2.05, 4.69) is 15.5 Å². The maximum atomic E-state index is 12.5. The first kappa shape index (κ1) is 21.1. The normalized spacial score (nSPS) is 12.5. The number of halogens is 1. The van der Waals surface area contributed by atoms with Gasteiger partial charge in [-0.2, -0.15) is 0 Å². The van der Waals surface area contributed by atoms with Crippen molar-refractivity contribution in [2.24, 2.45) is 5.14 Å². The van der Waals surface area contributed by atoms with Crippen molar-refractivity contribution in [3.63, 3.8) is 0 Å². The Morgan fingerprint density at radius 2 is 1.93 bits per heavy atom. The number of rotatable bonds is 6. The molecule has 0 saturated carbocycles. The van der Waals surface area contributed by atoms with Gasteiger partial charge < -0.3 is 11.2 Å². The number of carbonyl (C=O) groups is 1. The summed E-state index contributed by atoms with van der Waals surface area (Å²) in [5.41, 5.74) is 0.924. The third-order valence-electron chi connectivity index (χ3n) is 3.86. The molecule has 0 bridgehead atoms. The summed E-state index contributed by atoms with van der Waals surface area (Å²) >= 11 is 7.27. The highest BCUT2D eigenvalue weighted by Gasteiger charge is 2.21. The molecule has 2 aromatic carbocycles. The quantitative estimate of drug-likeness (QED) is 0.383. The van der Waals surface area contributed by atoms with Crippen LogP contribution in [0.1, 0.15) is 6.92 Å². The number of aromatic nitrogens is 3. The van der Waals surface area contributed by atoms with E-state index in [0.29, 0.717) is 27.3 Å². The zero-order chi connectivity index (χ0) is 21.2. The Morgan fingerprint density at radius 3 is 2.62 bits per heavy atom. The predicted molar refractivity (Wildman–Crippen MR) is 112 cm³/mol. The number of carbonyl (C=O) groups excluding carboxylic acids is 1. The van der Waals surface area contributed by atoms with Gasteiger partial charge in [-0.1, -0.05) is 41.6 Å². The average Bonchev–Trinajstić information content (AvgIpc) is 3.02. The van der Waals surface area contributed by atoms with Gasteiger partial charge in [-0.25, -0.2) is 18.2 Å². The van der Waals surface area contributed by atoms with Crippen LogP contribution in [0.2, 0.25) is 5.02 Å². The van der Waals surface area contributed by atoms with Crippen molar-refractivity contribution in [2.45, 2.75) is 22.2 Å². The number of hydrogen-bond donors (Lipinski definition) is 3. The van der Waals surface area contributed by atoms with E-state index < -0.39 is 15.3 Å². The molecule has 0 spiro atoms. The maximum absolute atomic E-state index is 12.5. The van der Waals surface area contributed by atoms with Crippen molar-refractivity contribution in [3.8, 4) is 11.4 Å². The zero-order valence-corrected chi connectivity index (χ0v) is 17.5. The molecule has 1 unspecified atom stereocenters. The van der Waals surface area contributed by atoms with Gasteiger partial charge in [0.05, 0.1) is 15.2 Å². The van der Waals surface area contributed by atoms with Crippen molar-refractivity contribution in [1.29, 1.82) is 0 Å². The summed E-state index contributed by atoms with van der Waals surface area (Å²) in [5.74, 6) is 6.07. The predicted octanol–water partition coefficient (Wildman–Crippen LogP) is 2.08. The standard InChI is InChI=1S/C17H17ClN6O3S2/c1-10(16(25)21-11-5-4-6-12(9-11)29(20,26)27)28-17-23-22-15(24(17)19)13-7-2-3-8-14(13)18/h2-10H,19H2,1H3,(H,21,25)(H2,20,26,27). The molecule has 9 nitrogen and oxygen atoms in total. The van der Waals surface area contributed by atoms with Crippen LogP contribution in [0.25, 0.3) is 11.4 Å². The molecule has 5 N–H and O–H groups in total. The summed E-state index contributed by atoms with van der Waals surface area (Å²) in [6.45, 7) is 1.66. The fourth-order valence-corrected chi connectivity index (χ4v) is 3.94. The van der Waals surface area contributed by atoms with Gasteiger partial charge in [-0.3, -0.25) is 4.79 Å². The summed E-state index contributed by atoms with van der Waals surface area (Å²) in [4.78, 5) is 12.4. The highest BCUT2D eigenvalue weighted by atomic mass is 35.5. The Hall–Kier alpha value is -2.60. The number of nitrogens with zero attached hydrogens (tertiary/aromatic N) is 3. The Labute approximate surface area is 176 Å². The third-order valence-corrected chi connectivity index (χ3v) is 6.16. The fourth-order valence-electron chi connectivity index (χ4n) is 2.39. The van der Waals surface area contributed by atoms with Gasteiger partial charge in [0.2, 0.25) is 21.1 Å². The van der Waals surface area contributed by atoms with E-state index >= 15 is 0 Å². The topological polar surface area (TPSA) is 146 Å². The molecule has 1 aromatic heterocycles. The molecule has 29 heavy (non-hydrogen) atoms. The van der Waals surface area contributed by atoms with Gasteiger partial charge in [0.15, 0.2) is 5.82 Å². The smallest absolute Gasteiger partial charge is 0.238 e. The summed E-state index contributed by atoms with van der Waals surface area (Å²) in [6.07, 6.45) is 0. The summed E-state index contributed by atoms with van der Waals surface area (Å²) < 4.78 is 24.2. The summed E-state index contributed by atoms with van der Waals surface area (Å²) in [7, 11) is -3.87. The highest BCUT2D eigenvalue weighted by Crippen LogP contribution is 2.29. The largest absolute Gasteiger partial charge is 0.335 e. The second kappa shape index (κ2) is 8.41. The number of amides is 1. The number of primary sulfonamides is 1. The number of nitrogen functional groups attached to an aromatic ring is 1. The van der Waals surface area contributed by atoms with Gasteiger partial charge in [0.25, 0.3) is 0 Å². The summed E-state index contributed by atoms with van der Waals surface area (Å²) in [5, 5.41) is 16.0. The Bertz CT molecular complexity index is 1170. The molecule has 152 valence electrons. The van der Waals surface area contributed by atoms with E-state index in [1.165, 1.54) is 22.9 Å². The van der Waals surface area contributed by atoms with Crippen LogP contribution in [0.5, 0.6) is 0 Å². The molecule has 1 amide bonds. The van der Waals surface area contributed by atoms with E-state index in [1.807, 2.05) is 0 Å². The van der Waals surface area contributed by atoms with Crippen LogP contribution in [-0.4, -0.2) is 34.4 Å². The number of anilines is 1. The zero-order valence-electron chi connectivity index (χ0n) is 15.1. The van der Waals surface area contributed by atoms with E-state index in [9.17, 15) is 13.2 Å². The van der Waals surface area contributed by atoms with Gasteiger partial charge >= 0.3 is 0 Å². The molecule has 3 aromatic rings. The van der Waals surface area contributed by atoms with Gasteiger partial charge in [-0.15, -0.1) is 10.2 Å². The minimum atomic E-state index is -3.87. The van der Waals surface area contributed by atoms with Crippen LogP contribution in [0.4, 0.5) is 5.69 Å². The number of benzene rings is 2. The van der Waals surface area contributed by atoms with Crippen molar-refractivity contribution >= 4 is 45.0 Å². The number of nitrogens with one attached hydrogen (secondary N) is 1. The van der Waals surface area contributed by atoms with Gasteiger partial charge in [0, 0.05) is 11.3 Å². The first-order valence-corrected chi connectivity index (χ1v) is 11.0. The highest BCUT2D eigenvalue weighted by molar-refractivity contribution is 8.00. The molecule has 1 atom stereocenters. The number of hydrogen-bond acceptors (Lipinski definition) is 7. The Balaban J connectivity index is 1.73. The lowest BCUT2D eigenvalue weighted by molar-refractivity contribution is -0.115. The van der Waals surface area contributed by atoms with E-state index in [0.717, 1.165) is 11.8 Å². The van der Waals surface area contributed by atoms with Crippen LogP contribution in [0.15, 0.2) is 58.6 Å². The monoisotopic (exact) mass is 452 g/mol. The Kier molecular flexibility index (Phi) is 6.13. The molecule has 1 heterocycles. The van der Waals surface area contributed by atoms with Crippen molar-refractivity contribution in [3.05, 3.63) is 53.6 Å². The lowest BCUT2D eigenvalue weighted by Crippen LogP contribution is -2.24. The second-order valence-corrected chi connectivity index (χ2v) is 9.25. The average molecular weight is 453 g/mol. The summed E-state index contributed by atoms with van der Waals surface area (Å²) in [6, 6.07) is 12.7. The molecular formula is C17H17ClN6O3S2. The van der Waals surface area contributed by atoms with E-state index in [-0.39, 0.29) is 10.8 Å². The molecule has 0 radical (unpaired) electrons. The first-order chi connectivity index (χ1) is 13.7. The van der Waals surface area contributed by atoms with Crippen LogP contribution < -0.4 is 16.3 Å². The molecule has 0 aliphatic rings. The minimum absolute atomic E-state index is 0.0957. The molecular weight excluding hydrogens is 436 g/mol. The van der Waals surface area contributed by atoms with Crippen LogP contribution in [-0.2, 0) is 14.8 Å². The van der Waals surface area contributed by atoms with Crippen LogP contribution in [0, 0.1) is 0 Å². The third kappa shape index (κ3) is 4.88. The lowest BCUT2D eigenvalue weighted by Gasteiger charge is -2.12. The van der Waals surface area contributed by atoms with Gasteiger partial charge in [0.1, 0.15) is 0 Å². The molecule has 0 aliphatic carbocycles.